The molecule has 0 amide bonds. The molecule has 2 aromatic carbocycles. The van der Waals surface area contributed by atoms with E-state index in [1.165, 1.54) is 31.2 Å². The van der Waals surface area contributed by atoms with E-state index < -0.39 is 0 Å². The predicted octanol–water partition coefficient (Wildman–Crippen LogP) is 5.98. The van der Waals surface area contributed by atoms with E-state index in [-0.39, 0.29) is 24.1 Å². The van der Waals surface area contributed by atoms with Crippen LogP contribution in [0.3, 0.4) is 0 Å². The average Bonchev–Trinajstić information content (AvgIpc) is 3.10. The lowest BCUT2D eigenvalue weighted by molar-refractivity contribution is -0.163. The molecule has 31 heavy (non-hydrogen) atoms. The number of fused-ring (bicyclic) bond motifs is 5. The highest BCUT2D eigenvalue weighted by Gasteiger charge is 2.56. The molecule has 0 saturated heterocycles. The van der Waals surface area contributed by atoms with Crippen molar-refractivity contribution < 1.29 is 14.3 Å². The standard InChI is InChI=1S/C28H34O3/c1-19-8-10-22-21(16-19)9-11-24-23(22)14-15-28(2)25(24)12-13-26(28)31-27(29)18-30-17-20-6-4-3-5-7-20/h3-8,10,16,23-26H,9,11-15,17-18H2,1-2H3/t23?,24?,25?,26-,28-/m0/s1. The third kappa shape index (κ3) is 3.93. The van der Waals surface area contributed by atoms with Gasteiger partial charge in [0.2, 0.25) is 0 Å². The highest BCUT2D eigenvalue weighted by atomic mass is 16.6. The molecule has 3 aliphatic rings. The summed E-state index contributed by atoms with van der Waals surface area (Å²) in [6.45, 7) is 5.06. The molecular formula is C28H34O3. The summed E-state index contributed by atoms with van der Waals surface area (Å²) in [5, 5.41) is 0. The maximum Gasteiger partial charge on any atom is 0.332 e. The van der Waals surface area contributed by atoms with Crippen LogP contribution in [0, 0.1) is 24.2 Å². The first-order valence-corrected chi connectivity index (χ1v) is 11.9. The molecule has 0 N–H and O–H groups in total. The van der Waals surface area contributed by atoms with Gasteiger partial charge in [-0.15, -0.1) is 0 Å². The maximum absolute atomic E-state index is 12.5. The van der Waals surface area contributed by atoms with Crippen LogP contribution in [0.15, 0.2) is 48.5 Å². The Morgan fingerprint density at radius 3 is 2.74 bits per heavy atom. The maximum atomic E-state index is 12.5. The van der Waals surface area contributed by atoms with Gasteiger partial charge >= 0.3 is 5.97 Å². The molecule has 5 atom stereocenters. The molecule has 164 valence electrons. The summed E-state index contributed by atoms with van der Waals surface area (Å²) >= 11 is 0. The van der Waals surface area contributed by atoms with Crippen LogP contribution < -0.4 is 0 Å². The van der Waals surface area contributed by atoms with Crippen molar-refractivity contribution in [2.45, 2.75) is 71.0 Å². The molecule has 3 aliphatic carbocycles. The Balaban J connectivity index is 1.21. The fourth-order valence-corrected chi connectivity index (χ4v) is 6.88. The van der Waals surface area contributed by atoms with E-state index >= 15 is 0 Å². The summed E-state index contributed by atoms with van der Waals surface area (Å²) < 4.78 is 11.6. The minimum absolute atomic E-state index is 0.0327. The molecule has 0 aliphatic heterocycles. The van der Waals surface area contributed by atoms with Crippen LogP contribution in [0.1, 0.15) is 67.2 Å². The van der Waals surface area contributed by atoms with E-state index in [2.05, 4.69) is 32.0 Å². The Kier molecular flexibility index (Phi) is 5.64. The molecule has 5 rings (SSSR count). The first kappa shape index (κ1) is 20.8. The van der Waals surface area contributed by atoms with E-state index in [4.69, 9.17) is 9.47 Å². The van der Waals surface area contributed by atoms with Crippen LogP contribution in [-0.2, 0) is 27.3 Å². The average molecular weight is 419 g/mol. The van der Waals surface area contributed by atoms with Gasteiger partial charge in [-0.3, -0.25) is 0 Å². The van der Waals surface area contributed by atoms with Gasteiger partial charge in [0.25, 0.3) is 0 Å². The van der Waals surface area contributed by atoms with Crippen molar-refractivity contribution in [3.05, 3.63) is 70.8 Å². The van der Waals surface area contributed by atoms with Crippen LogP contribution in [-0.4, -0.2) is 18.7 Å². The molecule has 0 heterocycles. The van der Waals surface area contributed by atoms with Gasteiger partial charge in [0, 0.05) is 5.41 Å². The van der Waals surface area contributed by atoms with E-state index in [1.54, 1.807) is 11.1 Å². The summed E-state index contributed by atoms with van der Waals surface area (Å²) in [7, 11) is 0. The topological polar surface area (TPSA) is 35.5 Å². The number of hydrogen-bond acceptors (Lipinski definition) is 3. The first-order valence-electron chi connectivity index (χ1n) is 11.9. The molecule has 3 heteroatoms. The van der Waals surface area contributed by atoms with Crippen LogP contribution in [0.25, 0.3) is 0 Å². The monoisotopic (exact) mass is 418 g/mol. The van der Waals surface area contributed by atoms with Gasteiger partial charge in [0.05, 0.1) is 6.61 Å². The lowest BCUT2D eigenvalue weighted by Gasteiger charge is -2.50. The van der Waals surface area contributed by atoms with Crippen molar-refractivity contribution >= 4 is 5.97 Å². The second-order valence-electron chi connectivity index (χ2n) is 10.2. The number of rotatable bonds is 5. The summed E-state index contributed by atoms with van der Waals surface area (Å²) in [4.78, 5) is 12.5. The third-order valence-corrected chi connectivity index (χ3v) is 8.40. The van der Waals surface area contributed by atoms with Crippen molar-refractivity contribution in [2.75, 3.05) is 6.61 Å². The zero-order chi connectivity index (χ0) is 21.4. The molecular weight excluding hydrogens is 384 g/mol. The van der Waals surface area contributed by atoms with Gasteiger partial charge in [0.15, 0.2) is 0 Å². The number of ether oxygens (including phenoxy) is 2. The predicted molar refractivity (Wildman–Crippen MR) is 122 cm³/mol. The summed E-state index contributed by atoms with van der Waals surface area (Å²) in [5.41, 5.74) is 5.73. The number of hydrogen-bond donors (Lipinski definition) is 0. The van der Waals surface area contributed by atoms with Gasteiger partial charge in [-0.05, 0) is 79.9 Å². The summed E-state index contributed by atoms with van der Waals surface area (Å²) in [6, 6.07) is 17.0. The molecule has 2 fully saturated rings. The van der Waals surface area contributed by atoms with Gasteiger partial charge in [-0.25, -0.2) is 4.79 Å². The Bertz CT molecular complexity index is 937. The molecule has 0 aromatic heterocycles. The normalized spacial score (nSPS) is 31.4. The Labute approximate surface area is 186 Å². The second kappa shape index (κ2) is 8.43. The first-order chi connectivity index (χ1) is 15.0. The fourth-order valence-electron chi connectivity index (χ4n) is 6.88. The van der Waals surface area contributed by atoms with Gasteiger partial charge in [-0.1, -0.05) is 61.0 Å². The Morgan fingerprint density at radius 1 is 1.06 bits per heavy atom. The summed E-state index contributed by atoms with van der Waals surface area (Å²) in [5.74, 6) is 1.86. The van der Waals surface area contributed by atoms with Gasteiger partial charge < -0.3 is 9.47 Å². The largest absolute Gasteiger partial charge is 0.460 e. The number of benzene rings is 2. The molecule has 3 unspecified atom stereocenters. The van der Waals surface area contributed by atoms with Crippen molar-refractivity contribution in [1.82, 2.24) is 0 Å². The SMILES string of the molecule is Cc1ccc2c(c1)CCC1C2CC[C@@]2(C)C1CC[C@@H]2OC(=O)COCc1ccccc1. The van der Waals surface area contributed by atoms with E-state index in [0.717, 1.165) is 24.3 Å². The highest BCUT2D eigenvalue weighted by molar-refractivity contribution is 5.71. The van der Waals surface area contributed by atoms with Crippen molar-refractivity contribution in [3.63, 3.8) is 0 Å². The molecule has 0 bridgehead atoms. The zero-order valence-corrected chi connectivity index (χ0v) is 18.8. The van der Waals surface area contributed by atoms with Crippen molar-refractivity contribution in [1.29, 1.82) is 0 Å². The van der Waals surface area contributed by atoms with Crippen LogP contribution >= 0.6 is 0 Å². The third-order valence-electron chi connectivity index (χ3n) is 8.40. The van der Waals surface area contributed by atoms with Crippen LogP contribution in [0.2, 0.25) is 0 Å². The van der Waals surface area contributed by atoms with Gasteiger partial charge in [-0.2, -0.15) is 0 Å². The number of carbonyl (C=O) groups is 1. The van der Waals surface area contributed by atoms with Crippen LogP contribution in [0.4, 0.5) is 0 Å². The van der Waals surface area contributed by atoms with Crippen molar-refractivity contribution in [2.24, 2.45) is 17.3 Å². The minimum atomic E-state index is -0.214. The van der Waals surface area contributed by atoms with Crippen molar-refractivity contribution in [3.8, 4) is 0 Å². The van der Waals surface area contributed by atoms with Crippen LogP contribution in [0.5, 0.6) is 0 Å². The Morgan fingerprint density at radius 2 is 1.90 bits per heavy atom. The minimum Gasteiger partial charge on any atom is -0.460 e. The quantitative estimate of drug-likeness (QED) is 0.560. The zero-order valence-electron chi connectivity index (χ0n) is 18.8. The molecule has 2 saturated carbocycles. The van der Waals surface area contributed by atoms with E-state index in [0.29, 0.717) is 18.4 Å². The fraction of sp³-hybridized carbons (Fsp3) is 0.536. The molecule has 0 radical (unpaired) electrons. The number of carbonyl (C=O) groups excluding carboxylic acids is 1. The lowest BCUT2D eigenvalue weighted by atomic mass is 9.55. The van der Waals surface area contributed by atoms with Gasteiger partial charge in [0.1, 0.15) is 12.7 Å². The smallest absolute Gasteiger partial charge is 0.332 e. The molecule has 3 nitrogen and oxygen atoms in total. The number of esters is 1. The molecule has 0 spiro atoms. The second-order valence-corrected chi connectivity index (χ2v) is 10.2. The van der Waals surface area contributed by atoms with E-state index in [1.807, 2.05) is 30.3 Å². The highest BCUT2D eigenvalue weighted by Crippen LogP contribution is 2.61. The van der Waals surface area contributed by atoms with E-state index in [9.17, 15) is 4.79 Å². The Hall–Kier alpha value is -2.13. The molecule has 2 aromatic rings. The number of aryl methyl sites for hydroxylation is 2. The lowest BCUT2D eigenvalue weighted by Crippen LogP contribution is -2.45. The summed E-state index contributed by atoms with van der Waals surface area (Å²) in [6.07, 6.45) is 7.05.